The predicted molar refractivity (Wildman–Crippen MR) is 120 cm³/mol. The lowest BCUT2D eigenvalue weighted by Crippen LogP contribution is -2.48. The van der Waals surface area contributed by atoms with Crippen LogP contribution in [0.4, 0.5) is 13.2 Å². The molecular formula is C24H22F3N5O3. The highest BCUT2D eigenvalue weighted by atomic mass is 19.4. The lowest BCUT2D eigenvalue weighted by atomic mass is 10.0. The molecule has 1 unspecified atom stereocenters. The molecule has 1 aromatic carbocycles. The monoisotopic (exact) mass is 485 g/mol. The Hall–Kier alpha value is -3.73. The van der Waals surface area contributed by atoms with Crippen LogP contribution in [0.25, 0.3) is 22.2 Å². The van der Waals surface area contributed by atoms with E-state index >= 15 is 0 Å². The maximum atomic E-state index is 13.1. The molecule has 35 heavy (non-hydrogen) atoms. The molecule has 2 fully saturated rings. The van der Waals surface area contributed by atoms with Crippen LogP contribution in [-0.4, -0.2) is 63.8 Å². The number of likely N-dealkylation sites (tertiary alicyclic amines) is 1. The van der Waals surface area contributed by atoms with Gasteiger partial charge in [0.2, 0.25) is 5.91 Å². The van der Waals surface area contributed by atoms with Gasteiger partial charge in [-0.15, -0.1) is 0 Å². The van der Waals surface area contributed by atoms with Gasteiger partial charge in [-0.1, -0.05) is 18.7 Å². The van der Waals surface area contributed by atoms with Gasteiger partial charge >= 0.3 is 6.18 Å². The van der Waals surface area contributed by atoms with Gasteiger partial charge in [-0.05, 0) is 30.7 Å². The topological polar surface area (TPSA) is 89.4 Å². The van der Waals surface area contributed by atoms with E-state index < -0.39 is 11.9 Å². The lowest BCUT2D eigenvalue weighted by Gasteiger charge is -2.27. The Balaban J connectivity index is 1.60. The Morgan fingerprint density at radius 1 is 1.20 bits per heavy atom. The molecule has 182 valence electrons. The second-order valence-corrected chi connectivity index (χ2v) is 8.56. The first-order valence-corrected chi connectivity index (χ1v) is 11.1. The number of halogens is 3. The molecule has 0 saturated carbocycles. The van der Waals surface area contributed by atoms with Gasteiger partial charge in [0.05, 0.1) is 36.4 Å². The van der Waals surface area contributed by atoms with E-state index in [2.05, 4.69) is 16.9 Å². The van der Waals surface area contributed by atoms with Crippen LogP contribution in [0.2, 0.25) is 0 Å². The van der Waals surface area contributed by atoms with Crippen LogP contribution in [0.3, 0.4) is 0 Å². The molecule has 1 N–H and O–H groups in total. The van der Waals surface area contributed by atoms with Crippen molar-refractivity contribution in [2.24, 2.45) is 0 Å². The third-order valence-corrected chi connectivity index (χ3v) is 6.27. The van der Waals surface area contributed by atoms with E-state index in [0.29, 0.717) is 60.4 Å². The number of carbonyl (C=O) groups is 2. The highest BCUT2D eigenvalue weighted by Crippen LogP contribution is 2.35. The summed E-state index contributed by atoms with van der Waals surface area (Å²) < 4.78 is 45.9. The highest BCUT2D eigenvalue weighted by molar-refractivity contribution is 6.09. The molecule has 11 heteroatoms. The van der Waals surface area contributed by atoms with Gasteiger partial charge in [0.15, 0.2) is 0 Å². The number of rotatable bonds is 5. The minimum atomic E-state index is -4.55. The normalized spacial score (nSPS) is 18.5. The van der Waals surface area contributed by atoms with Crippen molar-refractivity contribution in [1.82, 2.24) is 25.0 Å². The summed E-state index contributed by atoms with van der Waals surface area (Å²) in [5.74, 6) is -0.488. The molecule has 2 amide bonds. The Kier molecular flexibility index (Phi) is 5.79. The van der Waals surface area contributed by atoms with E-state index in [1.807, 2.05) is 0 Å². The standard InChI is InChI=1S/C24H22F3N5O3/c1-2-20(33)31-9-8-16(11-31)32-22-17(4-3-5-18(22)23(34)29-15-12-35-13-15)21(30-32)14-6-7-19(28-10-14)24(25,26)27/h2-7,10,15-16H,1,8-9,11-13H2,(H,29,34). The van der Waals surface area contributed by atoms with E-state index in [1.54, 1.807) is 27.8 Å². The number of amides is 2. The average Bonchev–Trinajstić information content (AvgIpc) is 3.45. The second-order valence-electron chi connectivity index (χ2n) is 8.56. The molecule has 3 aromatic rings. The van der Waals surface area contributed by atoms with Crippen LogP contribution < -0.4 is 5.32 Å². The molecule has 0 radical (unpaired) electrons. The van der Waals surface area contributed by atoms with Gasteiger partial charge in [-0.25, -0.2) is 0 Å². The van der Waals surface area contributed by atoms with Gasteiger partial charge in [-0.2, -0.15) is 18.3 Å². The molecule has 2 aliphatic heterocycles. The molecule has 1 atom stereocenters. The van der Waals surface area contributed by atoms with Crippen molar-refractivity contribution >= 4 is 22.7 Å². The number of alkyl halides is 3. The van der Waals surface area contributed by atoms with Crippen molar-refractivity contribution < 1.29 is 27.5 Å². The average molecular weight is 485 g/mol. The van der Waals surface area contributed by atoms with Crippen molar-refractivity contribution in [3.05, 3.63) is 60.4 Å². The minimum Gasteiger partial charge on any atom is -0.377 e. The summed E-state index contributed by atoms with van der Waals surface area (Å²) in [7, 11) is 0. The molecule has 0 aliphatic carbocycles. The van der Waals surface area contributed by atoms with Crippen LogP contribution in [0.5, 0.6) is 0 Å². The first-order chi connectivity index (χ1) is 16.8. The fourth-order valence-electron chi connectivity index (χ4n) is 4.41. The molecule has 2 aliphatic rings. The summed E-state index contributed by atoms with van der Waals surface area (Å²) in [4.78, 5) is 30.5. The summed E-state index contributed by atoms with van der Waals surface area (Å²) in [5, 5.41) is 8.28. The molecule has 0 bridgehead atoms. The number of aromatic nitrogens is 3. The first-order valence-electron chi connectivity index (χ1n) is 11.1. The number of nitrogens with zero attached hydrogens (tertiary/aromatic N) is 4. The fraction of sp³-hybridized carbons (Fsp3) is 0.333. The van der Waals surface area contributed by atoms with E-state index in [4.69, 9.17) is 9.84 Å². The zero-order chi connectivity index (χ0) is 24.7. The number of benzene rings is 1. The maximum absolute atomic E-state index is 13.1. The summed E-state index contributed by atoms with van der Waals surface area (Å²) in [6, 6.07) is 7.10. The Morgan fingerprint density at radius 3 is 2.63 bits per heavy atom. The van der Waals surface area contributed by atoms with Crippen LogP contribution in [0.15, 0.2) is 49.2 Å². The summed E-state index contributed by atoms with van der Waals surface area (Å²) in [5.41, 5.74) is 0.752. The van der Waals surface area contributed by atoms with E-state index in [0.717, 1.165) is 12.3 Å². The molecule has 2 saturated heterocycles. The number of hydrogen-bond donors (Lipinski definition) is 1. The van der Waals surface area contributed by atoms with Gasteiger partial charge in [0, 0.05) is 30.2 Å². The van der Waals surface area contributed by atoms with E-state index in [9.17, 15) is 22.8 Å². The quantitative estimate of drug-likeness (QED) is 0.561. The zero-order valence-corrected chi connectivity index (χ0v) is 18.6. The van der Waals surface area contributed by atoms with Crippen LogP contribution in [0, 0.1) is 0 Å². The number of ether oxygens (including phenoxy) is 1. The van der Waals surface area contributed by atoms with Crippen molar-refractivity contribution in [1.29, 1.82) is 0 Å². The Morgan fingerprint density at radius 2 is 2.00 bits per heavy atom. The lowest BCUT2D eigenvalue weighted by molar-refractivity contribution is -0.141. The van der Waals surface area contributed by atoms with Crippen molar-refractivity contribution in [3.63, 3.8) is 0 Å². The van der Waals surface area contributed by atoms with Crippen molar-refractivity contribution in [2.45, 2.75) is 24.7 Å². The SMILES string of the molecule is C=CC(=O)N1CCC(n2nc(-c3ccc(C(F)(F)F)nc3)c3cccc(C(=O)NC4COC4)c32)C1. The third-order valence-electron chi connectivity index (χ3n) is 6.27. The fourth-order valence-corrected chi connectivity index (χ4v) is 4.41. The van der Waals surface area contributed by atoms with Crippen molar-refractivity contribution in [3.8, 4) is 11.3 Å². The minimum absolute atomic E-state index is 0.0834. The van der Waals surface area contributed by atoms with Crippen molar-refractivity contribution in [2.75, 3.05) is 26.3 Å². The number of fused-ring (bicyclic) bond motifs is 1. The van der Waals surface area contributed by atoms with Gasteiger partial charge < -0.3 is 15.0 Å². The number of carbonyl (C=O) groups excluding carboxylic acids is 2. The molecule has 5 rings (SSSR count). The largest absolute Gasteiger partial charge is 0.433 e. The van der Waals surface area contributed by atoms with Gasteiger partial charge in [0.25, 0.3) is 5.91 Å². The molecule has 0 spiro atoms. The first kappa shape index (κ1) is 23.0. The highest BCUT2D eigenvalue weighted by Gasteiger charge is 2.33. The summed E-state index contributed by atoms with van der Waals surface area (Å²) in [6.45, 7) is 5.28. The zero-order valence-electron chi connectivity index (χ0n) is 18.6. The van der Waals surface area contributed by atoms with Gasteiger partial charge in [0.1, 0.15) is 11.4 Å². The van der Waals surface area contributed by atoms with E-state index in [-0.39, 0.29) is 23.9 Å². The Bertz CT molecular complexity index is 1300. The molecule has 4 heterocycles. The van der Waals surface area contributed by atoms with Crippen LogP contribution in [-0.2, 0) is 15.7 Å². The predicted octanol–water partition coefficient (Wildman–Crippen LogP) is 3.21. The third kappa shape index (κ3) is 4.27. The molecule has 8 nitrogen and oxygen atoms in total. The number of para-hydroxylation sites is 1. The van der Waals surface area contributed by atoms with Crippen LogP contribution in [0.1, 0.15) is 28.5 Å². The van der Waals surface area contributed by atoms with Gasteiger partial charge in [-0.3, -0.25) is 19.3 Å². The van der Waals surface area contributed by atoms with E-state index in [1.165, 1.54) is 12.1 Å². The summed E-state index contributed by atoms with van der Waals surface area (Å²) in [6.07, 6.45) is -1.56. The molecule has 2 aromatic heterocycles. The molecular weight excluding hydrogens is 463 g/mol. The number of pyridine rings is 1. The maximum Gasteiger partial charge on any atom is 0.433 e. The smallest absolute Gasteiger partial charge is 0.377 e. The second kappa shape index (κ2) is 8.81. The number of nitrogens with one attached hydrogen (secondary N) is 1. The Labute approximate surface area is 198 Å². The van der Waals surface area contributed by atoms with Crippen LogP contribution >= 0.6 is 0 Å². The summed E-state index contributed by atoms with van der Waals surface area (Å²) >= 11 is 0. The number of hydrogen-bond acceptors (Lipinski definition) is 5.